The monoisotopic (exact) mass is 278 g/mol. The Morgan fingerprint density at radius 2 is 2.25 bits per heavy atom. The van der Waals surface area contributed by atoms with Gasteiger partial charge in [0.25, 0.3) is 0 Å². The molecule has 1 N–H and O–H groups in total. The quantitative estimate of drug-likeness (QED) is 0.890. The summed E-state index contributed by atoms with van der Waals surface area (Å²) >= 11 is 3.44. The highest BCUT2D eigenvalue weighted by Gasteiger charge is 2.23. The number of hydrogen-bond donors (Lipinski definition) is 1. The third kappa shape index (κ3) is 2.38. The van der Waals surface area contributed by atoms with E-state index in [1.165, 1.54) is 19.3 Å². The number of benzene rings is 1. The molecular weight excluding hydrogens is 264 g/mol. The van der Waals surface area contributed by atoms with E-state index in [9.17, 15) is 0 Å². The Balaban J connectivity index is 2.20. The zero-order valence-electron chi connectivity index (χ0n) is 9.33. The zero-order valence-corrected chi connectivity index (χ0v) is 10.9. The minimum absolute atomic E-state index is 0.515. The van der Waals surface area contributed by atoms with Crippen molar-refractivity contribution in [2.45, 2.75) is 32.2 Å². The van der Waals surface area contributed by atoms with Crippen molar-refractivity contribution in [3.63, 3.8) is 0 Å². The van der Waals surface area contributed by atoms with E-state index in [1.54, 1.807) is 0 Å². The number of nitriles is 1. The van der Waals surface area contributed by atoms with Gasteiger partial charge in [-0.25, -0.2) is 0 Å². The first-order chi connectivity index (χ1) is 7.70. The van der Waals surface area contributed by atoms with Crippen LogP contribution in [0, 0.1) is 17.2 Å². The second-order valence-electron chi connectivity index (χ2n) is 4.46. The lowest BCUT2D eigenvalue weighted by molar-refractivity contribution is 0.556. The molecule has 0 spiro atoms. The first kappa shape index (κ1) is 11.5. The summed E-state index contributed by atoms with van der Waals surface area (Å²) in [5, 5.41) is 12.5. The Hall–Kier alpha value is -1.01. The average Bonchev–Trinajstić information content (AvgIpc) is 2.65. The van der Waals surface area contributed by atoms with Crippen molar-refractivity contribution in [2.24, 2.45) is 5.92 Å². The van der Waals surface area contributed by atoms with Gasteiger partial charge in [-0.05, 0) is 37.0 Å². The maximum Gasteiger partial charge on any atom is 0.101 e. The predicted molar refractivity (Wildman–Crippen MR) is 69.3 cm³/mol. The van der Waals surface area contributed by atoms with Gasteiger partial charge in [-0.15, -0.1) is 0 Å². The fraction of sp³-hybridized carbons (Fsp3) is 0.462. The molecule has 0 heterocycles. The second-order valence-corrected chi connectivity index (χ2v) is 5.38. The van der Waals surface area contributed by atoms with Crippen LogP contribution in [0.15, 0.2) is 22.7 Å². The maximum absolute atomic E-state index is 9.04. The van der Waals surface area contributed by atoms with Crippen molar-refractivity contribution in [1.82, 2.24) is 0 Å². The SMILES string of the molecule is CC1CCCC1Nc1cc(Br)ccc1C#N. The minimum atomic E-state index is 0.515. The lowest BCUT2D eigenvalue weighted by atomic mass is 10.1. The molecule has 16 heavy (non-hydrogen) atoms. The predicted octanol–water partition coefficient (Wildman–Crippen LogP) is 3.92. The molecule has 2 rings (SSSR count). The van der Waals surface area contributed by atoms with Crippen molar-refractivity contribution >= 4 is 21.6 Å². The molecule has 1 fully saturated rings. The lowest BCUT2D eigenvalue weighted by Gasteiger charge is -2.19. The van der Waals surface area contributed by atoms with Gasteiger partial charge >= 0.3 is 0 Å². The first-order valence-corrected chi connectivity index (χ1v) is 6.46. The number of anilines is 1. The van der Waals surface area contributed by atoms with E-state index in [1.807, 2.05) is 18.2 Å². The summed E-state index contributed by atoms with van der Waals surface area (Å²) in [4.78, 5) is 0. The molecule has 2 unspecified atom stereocenters. The molecule has 0 aliphatic heterocycles. The Kier molecular flexibility index (Phi) is 3.50. The smallest absolute Gasteiger partial charge is 0.101 e. The van der Waals surface area contributed by atoms with Crippen LogP contribution in [0.5, 0.6) is 0 Å². The molecule has 3 heteroatoms. The molecule has 84 valence electrons. The number of nitrogens with zero attached hydrogens (tertiary/aromatic N) is 1. The van der Waals surface area contributed by atoms with Gasteiger partial charge in [0, 0.05) is 10.5 Å². The fourth-order valence-electron chi connectivity index (χ4n) is 2.29. The van der Waals surface area contributed by atoms with Crippen molar-refractivity contribution in [3.8, 4) is 6.07 Å². The van der Waals surface area contributed by atoms with Gasteiger partial charge in [0.05, 0.1) is 11.3 Å². The molecule has 1 aliphatic carbocycles. The number of nitrogens with one attached hydrogen (secondary N) is 1. The van der Waals surface area contributed by atoms with E-state index >= 15 is 0 Å². The van der Waals surface area contributed by atoms with Gasteiger partial charge in [-0.3, -0.25) is 0 Å². The lowest BCUT2D eigenvalue weighted by Crippen LogP contribution is -2.22. The molecule has 0 saturated heterocycles. The summed E-state index contributed by atoms with van der Waals surface area (Å²) in [6.45, 7) is 2.27. The molecule has 1 saturated carbocycles. The van der Waals surface area contributed by atoms with Crippen LogP contribution in [0.2, 0.25) is 0 Å². The molecule has 2 atom stereocenters. The van der Waals surface area contributed by atoms with E-state index < -0.39 is 0 Å². The van der Waals surface area contributed by atoms with Gasteiger partial charge in [-0.2, -0.15) is 5.26 Å². The summed E-state index contributed by atoms with van der Waals surface area (Å²) in [5.41, 5.74) is 1.68. The molecule has 0 aromatic heterocycles. The summed E-state index contributed by atoms with van der Waals surface area (Å²) in [5.74, 6) is 0.700. The zero-order chi connectivity index (χ0) is 11.5. The molecule has 2 nitrogen and oxygen atoms in total. The van der Waals surface area contributed by atoms with Crippen LogP contribution in [0.4, 0.5) is 5.69 Å². The standard InChI is InChI=1S/C13H15BrN2/c1-9-3-2-4-12(9)16-13-7-11(14)6-5-10(13)8-15/h5-7,9,12,16H,2-4H2,1H3. The highest BCUT2D eigenvalue weighted by Crippen LogP contribution is 2.30. The third-order valence-electron chi connectivity index (χ3n) is 3.30. The second kappa shape index (κ2) is 4.88. The van der Waals surface area contributed by atoms with Gasteiger partial charge in [-0.1, -0.05) is 29.3 Å². The summed E-state index contributed by atoms with van der Waals surface area (Å²) < 4.78 is 1.01. The van der Waals surface area contributed by atoms with Gasteiger partial charge in [0.15, 0.2) is 0 Å². The van der Waals surface area contributed by atoms with Gasteiger partial charge in [0.2, 0.25) is 0 Å². The highest BCUT2D eigenvalue weighted by molar-refractivity contribution is 9.10. The third-order valence-corrected chi connectivity index (χ3v) is 3.80. The van der Waals surface area contributed by atoms with E-state index in [0.29, 0.717) is 12.0 Å². The summed E-state index contributed by atoms with van der Waals surface area (Å²) in [6, 6.07) is 8.49. The molecule has 1 aromatic carbocycles. The number of rotatable bonds is 2. The van der Waals surface area contributed by atoms with Gasteiger partial charge in [0.1, 0.15) is 6.07 Å². The van der Waals surface area contributed by atoms with E-state index in [-0.39, 0.29) is 0 Å². The Morgan fingerprint density at radius 3 is 2.88 bits per heavy atom. The van der Waals surface area contributed by atoms with Crippen LogP contribution in [-0.4, -0.2) is 6.04 Å². The first-order valence-electron chi connectivity index (χ1n) is 5.67. The molecule has 1 aromatic rings. The molecule has 0 amide bonds. The highest BCUT2D eigenvalue weighted by atomic mass is 79.9. The average molecular weight is 279 g/mol. The number of hydrogen-bond acceptors (Lipinski definition) is 2. The Morgan fingerprint density at radius 1 is 1.44 bits per heavy atom. The number of halogens is 1. The topological polar surface area (TPSA) is 35.8 Å². The Labute approximate surface area is 105 Å². The molecule has 1 aliphatic rings. The van der Waals surface area contributed by atoms with E-state index in [4.69, 9.17) is 5.26 Å². The largest absolute Gasteiger partial charge is 0.381 e. The molecular formula is C13H15BrN2. The normalized spacial score (nSPS) is 24.1. The van der Waals surface area contributed by atoms with E-state index in [0.717, 1.165) is 15.7 Å². The van der Waals surface area contributed by atoms with E-state index in [2.05, 4.69) is 34.2 Å². The van der Waals surface area contributed by atoms with Crippen LogP contribution in [0.1, 0.15) is 31.7 Å². The van der Waals surface area contributed by atoms with Crippen LogP contribution in [0.25, 0.3) is 0 Å². The van der Waals surface area contributed by atoms with Crippen molar-refractivity contribution in [3.05, 3.63) is 28.2 Å². The maximum atomic E-state index is 9.04. The van der Waals surface area contributed by atoms with Crippen LogP contribution < -0.4 is 5.32 Å². The summed E-state index contributed by atoms with van der Waals surface area (Å²) in [6.07, 6.45) is 3.78. The van der Waals surface area contributed by atoms with Crippen LogP contribution >= 0.6 is 15.9 Å². The van der Waals surface area contributed by atoms with Crippen LogP contribution in [-0.2, 0) is 0 Å². The fourth-order valence-corrected chi connectivity index (χ4v) is 2.65. The molecule has 0 bridgehead atoms. The van der Waals surface area contributed by atoms with Crippen LogP contribution in [0.3, 0.4) is 0 Å². The minimum Gasteiger partial charge on any atom is -0.381 e. The summed E-state index contributed by atoms with van der Waals surface area (Å²) in [7, 11) is 0. The van der Waals surface area contributed by atoms with Crippen molar-refractivity contribution in [2.75, 3.05) is 5.32 Å². The van der Waals surface area contributed by atoms with Gasteiger partial charge < -0.3 is 5.32 Å². The van der Waals surface area contributed by atoms with Crippen molar-refractivity contribution < 1.29 is 0 Å². The molecule has 0 radical (unpaired) electrons. The Bertz CT molecular complexity index is 422. The van der Waals surface area contributed by atoms with Crippen molar-refractivity contribution in [1.29, 1.82) is 5.26 Å².